The van der Waals surface area contributed by atoms with Gasteiger partial charge in [-0.05, 0) is 26.3 Å². The largest absolute Gasteiger partial charge is 0.391 e. The third kappa shape index (κ3) is 6.41. The normalized spacial score (nSPS) is 23.8. The minimum atomic E-state index is -1.30. The Morgan fingerprint density at radius 1 is 0.816 bits per heavy atom. The second-order valence-electron chi connectivity index (χ2n) is 9.01. The van der Waals surface area contributed by atoms with Crippen molar-refractivity contribution in [3.05, 3.63) is 68.1 Å². The molecule has 11 nitrogen and oxygen atoms in total. The van der Waals surface area contributed by atoms with E-state index in [1.54, 1.807) is 24.6 Å². The standard InChI is InChI=1S/C25H28N6O5S2/c1-12-24-30-18(11-38-24)22(35)28-16(9-15-7-5-4-6-8-15)20(33)31-19(14(3)32)23(36)27-13(2)25-29-17(10-37-25)21(34)26-12/h4-8,10-14,16,19,32H,9H2,1-3H3,(H,26,34)(H,27,36)(H,28,35)(H,31,33)/t12-,13+,14-,16-,19+/m1/s1. The highest BCUT2D eigenvalue weighted by atomic mass is 32.1. The number of carbonyl (C=O) groups is 4. The highest BCUT2D eigenvalue weighted by molar-refractivity contribution is 7.10. The number of nitrogens with zero attached hydrogens (tertiary/aromatic N) is 2. The zero-order valence-corrected chi connectivity index (χ0v) is 22.6. The molecule has 1 aliphatic heterocycles. The fraction of sp³-hybridized carbons (Fsp3) is 0.360. The van der Waals surface area contributed by atoms with Gasteiger partial charge in [-0.1, -0.05) is 30.3 Å². The zero-order chi connectivity index (χ0) is 27.4. The summed E-state index contributed by atoms with van der Waals surface area (Å²) in [5.41, 5.74) is 1.06. The molecule has 0 aliphatic carbocycles. The van der Waals surface area contributed by atoms with Gasteiger partial charge in [0.25, 0.3) is 11.8 Å². The number of nitrogens with one attached hydrogen (secondary N) is 4. The molecule has 3 heterocycles. The number of benzene rings is 1. The van der Waals surface area contributed by atoms with E-state index in [0.717, 1.165) is 5.56 Å². The van der Waals surface area contributed by atoms with E-state index in [0.29, 0.717) is 10.0 Å². The van der Waals surface area contributed by atoms with Crippen molar-refractivity contribution in [3.63, 3.8) is 0 Å². The summed E-state index contributed by atoms with van der Waals surface area (Å²) in [7, 11) is 0. The number of aliphatic hydroxyl groups is 1. The summed E-state index contributed by atoms with van der Waals surface area (Å²) >= 11 is 2.41. The lowest BCUT2D eigenvalue weighted by molar-refractivity contribution is -0.132. The van der Waals surface area contributed by atoms with Crippen molar-refractivity contribution in [2.24, 2.45) is 0 Å². The smallest absolute Gasteiger partial charge is 0.271 e. The SMILES string of the molecule is C[C@@H]1NC(=O)[C@H]([C@@H](C)O)NC(=O)[C@@H](Cc2ccccc2)NC(=O)c2csc(n2)[C@@H](C)NC(=O)c2csc1n2. The van der Waals surface area contributed by atoms with Gasteiger partial charge < -0.3 is 26.4 Å². The van der Waals surface area contributed by atoms with Gasteiger partial charge in [-0.15, -0.1) is 22.7 Å². The maximum absolute atomic E-state index is 13.4. The first-order valence-electron chi connectivity index (χ1n) is 12.0. The Bertz CT molecular complexity index is 1320. The van der Waals surface area contributed by atoms with Crippen LogP contribution in [0.3, 0.4) is 0 Å². The second kappa shape index (κ2) is 11.8. The average Bonchev–Trinajstić information content (AvgIpc) is 3.57. The molecular weight excluding hydrogens is 528 g/mol. The summed E-state index contributed by atoms with van der Waals surface area (Å²) in [5.74, 6) is -2.27. The minimum absolute atomic E-state index is 0.0904. The molecular formula is C25H28N6O5S2. The molecule has 38 heavy (non-hydrogen) atoms. The number of rotatable bonds is 3. The second-order valence-corrected chi connectivity index (χ2v) is 10.8. The summed E-state index contributed by atoms with van der Waals surface area (Å²) in [5, 5.41) is 25.3. The molecule has 0 unspecified atom stereocenters. The molecule has 5 N–H and O–H groups in total. The van der Waals surface area contributed by atoms with Gasteiger partial charge in [-0.25, -0.2) is 9.97 Å². The van der Waals surface area contributed by atoms with Crippen LogP contribution in [0.1, 0.15) is 69.4 Å². The van der Waals surface area contributed by atoms with Crippen LogP contribution >= 0.6 is 22.7 Å². The van der Waals surface area contributed by atoms with Gasteiger partial charge in [-0.3, -0.25) is 19.2 Å². The first-order chi connectivity index (χ1) is 18.1. The molecule has 4 rings (SSSR count). The van der Waals surface area contributed by atoms with Crippen molar-refractivity contribution >= 4 is 46.3 Å². The van der Waals surface area contributed by atoms with Crippen molar-refractivity contribution in [2.75, 3.05) is 0 Å². The Kier molecular flexibility index (Phi) is 8.49. The number of fused-ring (bicyclic) bond motifs is 4. The van der Waals surface area contributed by atoms with Crippen molar-refractivity contribution < 1.29 is 24.3 Å². The zero-order valence-electron chi connectivity index (χ0n) is 20.9. The maximum Gasteiger partial charge on any atom is 0.271 e. The monoisotopic (exact) mass is 556 g/mol. The number of amides is 4. The van der Waals surface area contributed by atoms with Crippen LogP contribution < -0.4 is 21.3 Å². The van der Waals surface area contributed by atoms with E-state index < -0.39 is 53.9 Å². The molecule has 2 aromatic heterocycles. The minimum Gasteiger partial charge on any atom is -0.391 e. The Balaban J connectivity index is 1.68. The summed E-state index contributed by atoms with van der Waals surface area (Å²) in [6.45, 7) is 4.82. The lowest BCUT2D eigenvalue weighted by Gasteiger charge is -2.25. The predicted molar refractivity (Wildman–Crippen MR) is 142 cm³/mol. The van der Waals surface area contributed by atoms with Gasteiger partial charge in [0, 0.05) is 17.2 Å². The van der Waals surface area contributed by atoms with Gasteiger partial charge in [0.1, 0.15) is 33.5 Å². The fourth-order valence-corrected chi connectivity index (χ4v) is 5.44. The Labute approximate surface area is 227 Å². The van der Waals surface area contributed by atoms with Crippen LogP contribution in [0.4, 0.5) is 0 Å². The van der Waals surface area contributed by atoms with Crippen molar-refractivity contribution in [3.8, 4) is 0 Å². The van der Waals surface area contributed by atoms with E-state index in [2.05, 4.69) is 31.2 Å². The van der Waals surface area contributed by atoms with Crippen LogP contribution in [0.2, 0.25) is 0 Å². The quantitative estimate of drug-likeness (QED) is 0.326. The number of carbonyl (C=O) groups excluding carboxylic acids is 4. The molecule has 0 radical (unpaired) electrons. The van der Waals surface area contributed by atoms with E-state index in [4.69, 9.17) is 0 Å². The Hall–Kier alpha value is -3.68. The number of thiazole rings is 2. The van der Waals surface area contributed by atoms with Crippen LogP contribution in [-0.2, 0) is 16.0 Å². The first kappa shape index (κ1) is 27.4. The molecule has 1 aromatic carbocycles. The van der Waals surface area contributed by atoms with Crippen LogP contribution in [-0.4, -0.2) is 56.9 Å². The van der Waals surface area contributed by atoms with Crippen LogP contribution in [0.25, 0.3) is 0 Å². The summed E-state index contributed by atoms with van der Waals surface area (Å²) in [4.78, 5) is 61.0. The summed E-state index contributed by atoms with van der Waals surface area (Å²) < 4.78 is 0. The lowest BCUT2D eigenvalue weighted by Crippen LogP contribution is -2.57. The van der Waals surface area contributed by atoms with Crippen molar-refractivity contribution in [1.82, 2.24) is 31.2 Å². The molecule has 0 saturated carbocycles. The van der Waals surface area contributed by atoms with E-state index in [-0.39, 0.29) is 17.8 Å². The highest BCUT2D eigenvalue weighted by Gasteiger charge is 2.32. The Morgan fingerprint density at radius 3 is 1.95 bits per heavy atom. The topological polar surface area (TPSA) is 162 Å². The molecule has 0 spiro atoms. The van der Waals surface area contributed by atoms with Crippen LogP contribution in [0, 0.1) is 0 Å². The Morgan fingerprint density at radius 2 is 1.37 bits per heavy atom. The van der Waals surface area contributed by atoms with E-state index in [1.807, 2.05) is 30.3 Å². The third-order valence-corrected chi connectivity index (χ3v) is 7.98. The third-order valence-electron chi connectivity index (χ3n) is 5.92. The summed E-state index contributed by atoms with van der Waals surface area (Å²) in [6.07, 6.45) is -1.08. The molecule has 4 bridgehead atoms. The van der Waals surface area contributed by atoms with Gasteiger partial charge >= 0.3 is 0 Å². The lowest BCUT2D eigenvalue weighted by atomic mass is 10.0. The molecule has 13 heteroatoms. The number of hydrogen-bond acceptors (Lipinski definition) is 9. The maximum atomic E-state index is 13.4. The number of hydrogen-bond donors (Lipinski definition) is 5. The van der Waals surface area contributed by atoms with Crippen LogP contribution in [0.15, 0.2) is 41.1 Å². The first-order valence-corrected chi connectivity index (χ1v) is 13.7. The van der Waals surface area contributed by atoms with E-state index >= 15 is 0 Å². The van der Waals surface area contributed by atoms with E-state index in [9.17, 15) is 24.3 Å². The molecule has 1 aliphatic rings. The number of aliphatic hydroxyl groups excluding tert-OH is 1. The van der Waals surface area contributed by atoms with Crippen molar-refractivity contribution in [1.29, 1.82) is 0 Å². The molecule has 0 saturated heterocycles. The predicted octanol–water partition coefficient (Wildman–Crippen LogP) is 1.49. The molecule has 200 valence electrons. The molecule has 4 amide bonds. The molecule has 0 fully saturated rings. The average molecular weight is 557 g/mol. The van der Waals surface area contributed by atoms with Crippen LogP contribution in [0.5, 0.6) is 0 Å². The van der Waals surface area contributed by atoms with E-state index in [1.165, 1.54) is 29.6 Å². The van der Waals surface area contributed by atoms with Gasteiger partial charge in [0.05, 0.1) is 18.2 Å². The number of aromatic nitrogens is 2. The summed E-state index contributed by atoms with van der Waals surface area (Å²) in [6, 6.07) is 5.66. The molecule has 5 atom stereocenters. The fourth-order valence-electron chi connectivity index (χ4n) is 3.83. The van der Waals surface area contributed by atoms with Gasteiger partial charge in [0.2, 0.25) is 11.8 Å². The highest BCUT2D eigenvalue weighted by Crippen LogP contribution is 2.21. The molecule has 3 aromatic rings. The van der Waals surface area contributed by atoms with Gasteiger partial charge in [0.15, 0.2) is 0 Å². The van der Waals surface area contributed by atoms with Crippen molar-refractivity contribution in [2.45, 2.75) is 57.5 Å². The van der Waals surface area contributed by atoms with Gasteiger partial charge in [-0.2, -0.15) is 0 Å².